The molecule has 1 aromatic heterocycles. The summed E-state index contributed by atoms with van der Waals surface area (Å²) in [5, 5.41) is 21.8. The van der Waals surface area contributed by atoms with Gasteiger partial charge >= 0.3 is 12.1 Å². The maximum Gasteiger partial charge on any atom is 0.323 e. The molecule has 1 aliphatic rings. The van der Waals surface area contributed by atoms with Gasteiger partial charge in [-0.25, -0.2) is 14.0 Å². The summed E-state index contributed by atoms with van der Waals surface area (Å²) in [5.41, 5.74) is 1.96. The van der Waals surface area contributed by atoms with Crippen LogP contribution in [0.2, 0.25) is 0 Å². The molecule has 0 radical (unpaired) electrons. The molecule has 0 spiro atoms. The molecule has 0 saturated heterocycles. The maximum absolute atomic E-state index is 13.7. The third kappa shape index (κ3) is 6.97. The molecule has 13 heteroatoms. The number of fused-ring (bicyclic) bond motifs is 1. The van der Waals surface area contributed by atoms with Crippen LogP contribution >= 0.6 is 0 Å². The zero-order chi connectivity index (χ0) is 30.6. The lowest BCUT2D eigenvalue weighted by molar-refractivity contribution is 0.0371. The third-order valence-corrected chi connectivity index (χ3v) is 7.09. The molecule has 2 heterocycles. The van der Waals surface area contributed by atoms with E-state index in [9.17, 15) is 23.9 Å². The monoisotopic (exact) mass is 582 g/mol. The fourth-order valence-corrected chi connectivity index (χ4v) is 4.56. The Hall–Kier alpha value is -4.65. The van der Waals surface area contributed by atoms with Gasteiger partial charge in [0.2, 0.25) is 0 Å². The van der Waals surface area contributed by atoms with Gasteiger partial charge in [0.15, 0.2) is 5.76 Å². The SMILES string of the molecule is Cc1noc(C)c1NC(=O)N(C)C[C@H]1Oc2ccc(NC(=O)Nc3ccc(F)cc3)cc2C(=O)N([C@H](C)CO)C[C@@H]1C. The first-order valence-electron chi connectivity index (χ1n) is 13.5. The van der Waals surface area contributed by atoms with Gasteiger partial charge in [0, 0.05) is 30.9 Å². The van der Waals surface area contributed by atoms with E-state index in [0.717, 1.165) is 0 Å². The fourth-order valence-electron chi connectivity index (χ4n) is 4.56. The number of benzene rings is 2. The van der Waals surface area contributed by atoms with Crippen LogP contribution in [0.4, 0.5) is 31.0 Å². The van der Waals surface area contributed by atoms with Crippen molar-refractivity contribution in [3.63, 3.8) is 0 Å². The number of urea groups is 2. The first-order chi connectivity index (χ1) is 20.0. The molecule has 0 bridgehead atoms. The molecule has 1 aliphatic heterocycles. The number of hydrogen-bond acceptors (Lipinski definition) is 7. The lowest BCUT2D eigenvalue weighted by atomic mass is 9.99. The summed E-state index contributed by atoms with van der Waals surface area (Å²) in [6.07, 6.45) is -0.522. The predicted molar refractivity (Wildman–Crippen MR) is 154 cm³/mol. The zero-order valence-corrected chi connectivity index (χ0v) is 24.1. The Labute approximate surface area is 242 Å². The fraction of sp³-hybridized carbons (Fsp3) is 0.379. The number of nitrogens with one attached hydrogen (secondary N) is 3. The predicted octanol–water partition coefficient (Wildman–Crippen LogP) is 4.46. The normalized spacial score (nSPS) is 17.3. The van der Waals surface area contributed by atoms with E-state index in [1.807, 2.05) is 6.92 Å². The summed E-state index contributed by atoms with van der Waals surface area (Å²) in [6.45, 7) is 7.27. The molecular weight excluding hydrogens is 547 g/mol. The highest BCUT2D eigenvalue weighted by Gasteiger charge is 2.34. The van der Waals surface area contributed by atoms with Gasteiger partial charge < -0.3 is 40.1 Å². The Morgan fingerprint density at radius 2 is 1.81 bits per heavy atom. The number of amides is 5. The number of hydrogen-bond donors (Lipinski definition) is 4. The number of nitrogens with zero attached hydrogens (tertiary/aromatic N) is 3. The van der Waals surface area contributed by atoms with Crippen LogP contribution in [-0.4, -0.2) is 76.9 Å². The van der Waals surface area contributed by atoms with Crippen molar-refractivity contribution in [2.45, 2.75) is 39.8 Å². The van der Waals surface area contributed by atoms with E-state index in [4.69, 9.17) is 9.26 Å². The van der Waals surface area contributed by atoms with Gasteiger partial charge in [0.05, 0.1) is 24.8 Å². The van der Waals surface area contributed by atoms with Gasteiger partial charge in [-0.2, -0.15) is 0 Å². The molecule has 4 rings (SSSR count). The third-order valence-electron chi connectivity index (χ3n) is 7.09. The largest absolute Gasteiger partial charge is 0.487 e. The Kier molecular flexibility index (Phi) is 9.31. The maximum atomic E-state index is 13.7. The number of rotatable bonds is 7. The summed E-state index contributed by atoms with van der Waals surface area (Å²) in [4.78, 5) is 42.2. The van der Waals surface area contributed by atoms with Gasteiger partial charge in [-0.05, 0) is 63.2 Å². The first kappa shape index (κ1) is 30.3. The highest BCUT2D eigenvalue weighted by atomic mass is 19.1. The van der Waals surface area contributed by atoms with Crippen LogP contribution in [0, 0.1) is 25.6 Å². The Morgan fingerprint density at radius 3 is 2.45 bits per heavy atom. The van der Waals surface area contributed by atoms with Crippen molar-refractivity contribution in [1.82, 2.24) is 15.0 Å². The van der Waals surface area contributed by atoms with E-state index < -0.39 is 24.0 Å². The van der Waals surface area contributed by atoms with Gasteiger partial charge in [0.1, 0.15) is 29.1 Å². The lowest BCUT2D eigenvalue weighted by Gasteiger charge is -2.38. The summed E-state index contributed by atoms with van der Waals surface area (Å²) >= 11 is 0. The van der Waals surface area contributed by atoms with E-state index >= 15 is 0 Å². The minimum absolute atomic E-state index is 0.186. The average Bonchev–Trinajstić information content (AvgIpc) is 3.27. The lowest BCUT2D eigenvalue weighted by Crippen LogP contribution is -2.50. The highest BCUT2D eigenvalue weighted by molar-refractivity contribution is 6.02. The van der Waals surface area contributed by atoms with Crippen LogP contribution in [0.15, 0.2) is 47.0 Å². The van der Waals surface area contributed by atoms with E-state index in [0.29, 0.717) is 28.5 Å². The van der Waals surface area contributed by atoms with Crippen molar-refractivity contribution in [2.24, 2.45) is 5.92 Å². The van der Waals surface area contributed by atoms with Crippen LogP contribution in [0.25, 0.3) is 0 Å². The number of anilines is 3. The molecule has 224 valence electrons. The quantitative estimate of drug-likeness (QED) is 0.321. The molecule has 5 amide bonds. The molecule has 3 atom stereocenters. The number of aliphatic hydroxyl groups excluding tert-OH is 1. The molecule has 0 unspecified atom stereocenters. The summed E-state index contributed by atoms with van der Waals surface area (Å²) in [5.74, 6) is -0.256. The molecule has 0 aliphatic carbocycles. The van der Waals surface area contributed by atoms with Gasteiger partial charge in [0.25, 0.3) is 5.91 Å². The number of carbonyl (C=O) groups is 3. The highest BCUT2D eigenvalue weighted by Crippen LogP contribution is 2.31. The molecule has 42 heavy (non-hydrogen) atoms. The molecule has 4 N–H and O–H groups in total. The van der Waals surface area contributed by atoms with E-state index in [-0.39, 0.29) is 48.9 Å². The van der Waals surface area contributed by atoms with Gasteiger partial charge in [-0.3, -0.25) is 4.79 Å². The van der Waals surface area contributed by atoms with Crippen LogP contribution in [0.5, 0.6) is 5.75 Å². The minimum atomic E-state index is -0.584. The molecule has 12 nitrogen and oxygen atoms in total. The standard InChI is InChI=1S/C29H35FN6O6/c1-16-13-36(17(2)15-37)27(38)23-12-22(32-28(39)31-21-8-6-20(30)7-9-21)10-11-24(23)41-25(16)14-35(5)29(40)33-26-18(3)34-42-19(26)4/h6-12,16-17,25,37H,13-15H2,1-5H3,(H,33,40)(H2,31,32,39)/t16-,17+,25+/m0/s1. The van der Waals surface area contributed by atoms with Crippen LogP contribution in [0.1, 0.15) is 35.7 Å². The van der Waals surface area contributed by atoms with E-state index in [2.05, 4.69) is 21.1 Å². The van der Waals surface area contributed by atoms with Crippen molar-refractivity contribution in [1.29, 1.82) is 0 Å². The molecule has 2 aromatic carbocycles. The van der Waals surface area contributed by atoms with Crippen LogP contribution in [-0.2, 0) is 0 Å². The molecule has 0 fully saturated rings. The van der Waals surface area contributed by atoms with Crippen LogP contribution in [0.3, 0.4) is 0 Å². The number of aliphatic hydroxyl groups is 1. The van der Waals surface area contributed by atoms with Crippen LogP contribution < -0.4 is 20.7 Å². The number of aromatic nitrogens is 1. The van der Waals surface area contributed by atoms with E-state index in [1.165, 1.54) is 35.2 Å². The second kappa shape index (κ2) is 12.9. The summed E-state index contributed by atoms with van der Waals surface area (Å²) < 4.78 is 24.6. The number of halogens is 1. The van der Waals surface area contributed by atoms with Crippen molar-refractivity contribution < 1.29 is 33.1 Å². The van der Waals surface area contributed by atoms with E-state index in [1.54, 1.807) is 44.9 Å². The second-order valence-corrected chi connectivity index (χ2v) is 10.4. The second-order valence-electron chi connectivity index (χ2n) is 10.4. The van der Waals surface area contributed by atoms with Crippen molar-refractivity contribution in [3.05, 3.63) is 65.3 Å². The molecule has 0 saturated carbocycles. The average molecular weight is 583 g/mol. The topological polar surface area (TPSA) is 149 Å². The zero-order valence-electron chi connectivity index (χ0n) is 24.1. The van der Waals surface area contributed by atoms with Gasteiger partial charge in [-0.1, -0.05) is 12.1 Å². The number of likely N-dealkylation sites (N-methyl/N-ethyl adjacent to an activating group) is 1. The number of aryl methyl sites for hydroxylation is 2. The van der Waals surface area contributed by atoms with Crippen molar-refractivity contribution in [2.75, 3.05) is 42.7 Å². The van der Waals surface area contributed by atoms with Gasteiger partial charge in [-0.15, -0.1) is 0 Å². The minimum Gasteiger partial charge on any atom is -0.487 e. The van der Waals surface area contributed by atoms with Crippen molar-refractivity contribution in [3.8, 4) is 5.75 Å². The smallest absolute Gasteiger partial charge is 0.323 e. The number of ether oxygens (including phenoxy) is 1. The molecule has 3 aromatic rings. The summed E-state index contributed by atoms with van der Waals surface area (Å²) in [7, 11) is 1.63. The number of carbonyl (C=O) groups excluding carboxylic acids is 3. The Morgan fingerprint density at radius 1 is 1.14 bits per heavy atom. The summed E-state index contributed by atoms with van der Waals surface area (Å²) in [6, 6.07) is 8.51. The molecular formula is C29H35FN6O6. The first-order valence-corrected chi connectivity index (χ1v) is 13.5. The van der Waals surface area contributed by atoms with Crippen molar-refractivity contribution >= 4 is 35.0 Å². The Bertz CT molecular complexity index is 1430. The Balaban J connectivity index is 1.55.